The number of alkyl halides is 3. The lowest BCUT2D eigenvalue weighted by molar-refractivity contribution is -0.137. The molecular weight excluding hydrogens is 574 g/mol. The summed E-state index contributed by atoms with van der Waals surface area (Å²) in [7, 11) is 0. The third-order valence-corrected chi connectivity index (χ3v) is 9.40. The Morgan fingerprint density at radius 2 is 1.90 bits per heavy atom. The standard InChI is InChI=1S/C28H27F4N7O2S/c1-17(2)39-35-15-25(36-39)42(41)37-10-8-19-12-24-18(14-34-38(24)22-5-3-21(29)4-6-22)13-27(19,16-37)26(40)23-11-20(7-9-33-23)28(30,31)32/h3-7,9,11,14-15,17,19H,8,10,12-13,16H2,1-2H3. The zero-order valence-corrected chi connectivity index (χ0v) is 23.6. The van der Waals surface area contributed by atoms with E-state index in [1.807, 2.05) is 13.8 Å². The number of nitrogens with zero attached hydrogens (tertiary/aromatic N) is 7. The van der Waals surface area contributed by atoms with Gasteiger partial charge in [-0.2, -0.15) is 28.2 Å². The van der Waals surface area contributed by atoms with Gasteiger partial charge >= 0.3 is 11.2 Å². The maximum Gasteiger partial charge on any atom is 0.416 e. The third-order valence-electron chi connectivity index (χ3n) is 8.07. The van der Waals surface area contributed by atoms with Gasteiger partial charge in [-0.3, -0.25) is 9.78 Å². The minimum Gasteiger partial charge on any atom is -0.591 e. The summed E-state index contributed by atoms with van der Waals surface area (Å²) in [5, 5.41) is 13.3. The first-order valence-electron chi connectivity index (χ1n) is 13.4. The van der Waals surface area contributed by atoms with Crippen LogP contribution in [-0.4, -0.2) is 57.5 Å². The molecule has 1 saturated heterocycles. The van der Waals surface area contributed by atoms with Gasteiger partial charge in [-0.1, -0.05) is 0 Å². The molecule has 2 aliphatic rings. The molecule has 1 aliphatic carbocycles. The Balaban J connectivity index is 1.40. The first kappa shape index (κ1) is 28.5. The van der Waals surface area contributed by atoms with Gasteiger partial charge in [0.1, 0.15) is 29.1 Å². The number of hydrogen-bond donors (Lipinski definition) is 0. The van der Waals surface area contributed by atoms with Crippen LogP contribution < -0.4 is 0 Å². The summed E-state index contributed by atoms with van der Waals surface area (Å²) >= 11 is -1.75. The lowest BCUT2D eigenvalue weighted by atomic mass is 9.60. The second-order valence-corrected chi connectivity index (χ2v) is 12.4. The summed E-state index contributed by atoms with van der Waals surface area (Å²) in [6.07, 6.45) is 0.421. The molecular formula is C28H27F4N7O2S. The number of piperidine rings is 1. The van der Waals surface area contributed by atoms with Crippen LogP contribution in [0.3, 0.4) is 0 Å². The summed E-state index contributed by atoms with van der Waals surface area (Å²) in [6, 6.07) is 7.46. The van der Waals surface area contributed by atoms with Crippen LogP contribution in [-0.2, 0) is 30.4 Å². The zero-order chi connectivity index (χ0) is 29.8. The van der Waals surface area contributed by atoms with Crippen LogP contribution in [0.25, 0.3) is 5.69 Å². The fourth-order valence-corrected chi connectivity index (χ4v) is 7.11. The molecule has 0 N–H and O–H groups in total. The van der Waals surface area contributed by atoms with Crippen molar-refractivity contribution in [2.75, 3.05) is 13.1 Å². The Bertz CT molecular complexity index is 1620. The molecule has 6 rings (SSSR count). The molecule has 1 fully saturated rings. The summed E-state index contributed by atoms with van der Waals surface area (Å²) in [4.78, 5) is 19.8. The first-order valence-corrected chi connectivity index (χ1v) is 14.6. The molecule has 220 valence electrons. The molecule has 0 saturated carbocycles. The van der Waals surface area contributed by atoms with E-state index in [-0.39, 0.29) is 41.5 Å². The molecule has 4 aromatic rings. The molecule has 1 aromatic carbocycles. The maximum atomic E-state index is 14.3. The van der Waals surface area contributed by atoms with Crippen LogP contribution in [0.1, 0.15) is 53.6 Å². The van der Waals surface area contributed by atoms with E-state index in [0.29, 0.717) is 25.1 Å². The van der Waals surface area contributed by atoms with Gasteiger partial charge in [-0.25, -0.2) is 9.07 Å². The number of pyridine rings is 1. The van der Waals surface area contributed by atoms with Crippen molar-refractivity contribution >= 4 is 17.1 Å². The highest BCUT2D eigenvalue weighted by molar-refractivity contribution is 7.89. The topological polar surface area (TPSA) is 105 Å². The molecule has 3 atom stereocenters. The van der Waals surface area contributed by atoms with E-state index >= 15 is 0 Å². The van der Waals surface area contributed by atoms with Crippen LogP contribution >= 0.6 is 0 Å². The largest absolute Gasteiger partial charge is 0.591 e. The van der Waals surface area contributed by atoms with Gasteiger partial charge in [0.15, 0.2) is 5.78 Å². The Labute approximate surface area is 241 Å². The predicted molar refractivity (Wildman–Crippen MR) is 143 cm³/mol. The molecule has 4 heterocycles. The first-order chi connectivity index (χ1) is 20.0. The molecule has 3 unspecified atom stereocenters. The van der Waals surface area contributed by atoms with Crippen LogP contribution in [0.5, 0.6) is 0 Å². The number of benzene rings is 1. The second-order valence-electron chi connectivity index (χ2n) is 11.0. The lowest BCUT2D eigenvalue weighted by Gasteiger charge is -2.48. The number of ketones is 1. The third kappa shape index (κ3) is 5.01. The van der Waals surface area contributed by atoms with Gasteiger partial charge in [-0.15, -0.1) is 9.40 Å². The molecule has 0 amide bonds. The van der Waals surface area contributed by atoms with E-state index in [4.69, 9.17) is 0 Å². The average molecular weight is 602 g/mol. The molecule has 0 radical (unpaired) electrons. The number of aromatic nitrogens is 6. The second kappa shape index (κ2) is 10.6. The quantitative estimate of drug-likeness (QED) is 0.181. The molecule has 1 aliphatic heterocycles. The van der Waals surface area contributed by atoms with Crippen LogP contribution in [0.2, 0.25) is 0 Å². The van der Waals surface area contributed by atoms with E-state index in [9.17, 15) is 26.9 Å². The molecule has 9 nitrogen and oxygen atoms in total. The van der Waals surface area contributed by atoms with Crippen LogP contribution in [0.15, 0.2) is 60.0 Å². The van der Waals surface area contributed by atoms with Crippen molar-refractivity contribution in [3.63, 3.8) is 0 Å². The Hall–Kier alpha value is -3.62. The summed E-state index contributed by atoms with van der Waals surface area (Å²) < 4.78 is 71.3. The summed E-state index contributed by atoms with van der Waals surface area (Å²) in [5.41, 5.74) is -0.222. The van der Waals surface area contributed by atoms with Crippen molar-refractivity contribution in [3.8, 4) is 5.69 Å². The molecule has 0 spiro atoms. The van der Waals surface area contributed by atoms with Crippen molar-refractivity contribution in [1.29, 1.82) is 0 Å². The number of carbonyl (C=O) groups is 1. The lowest BCUT2D eigenvalue weighted by Crippen LogP contribution is -2.57. The van der Waals surface area contributed by atoms with Gasteiger partial charge in [0.05, 0.1) is 35.4 Å². The molecule has 0 bridgehead atoms. The Morgan fingerprint density at radius 1 is 1.14 bits per heavy atom. The van der Waals surface area contributed by atoms with Crippen molar-refractivity contribution < 1.29 is 26.9 Å². The normalized spacial score (nSPS) is 21.7. The van der Waals surface area contributed by atoms with Crippen molar-refractivity contribution in [2.45, 2.75) is 50.4 Å². The summed E-state index contributed by atoms with van der Waals surface area (Å²) in [6.45, 7) is 4.17. The van der Waals surface area contributed by atoms with E-state index in [0.717, 1.165) is 29.6 Å². The fourth-order valence-electron chi connectivity index (χ4n) is 5.93. The summed E-state index contributed by atoms with van der Waals surface area (Å²) in [5.74, 6) is -1.22. The van der Waals surface area contributed by atoms with Gasteiger partial charge in [0.2, 0.25) is 0 Å². The van der Waals surface area contributed by atoms with Crippen LogP contribution in [0, 0.1) is 17.2 Å². The van der Waals surface area contributed by atoms with Crippen molar-refractivity contribution in [2.24, 2.45) is 11.3 Å². The van der Waals surface area contributed by atoms with E-state index in [1.54, 1.807) is 27.3 Å². The number of Topliss-reactive ketones (excluding diaryl/α,β-unsaturated/α-hetero) is 1. The van der Waals surface area contributed by atoms with Crippen LogP contribution in [0.4, 0.5) is 17.6 Å². The average Bonchev–Trinajstić information content (AvgIpc) is 3.63. The van der Waals surface area contributed by atoms with Crippen molar-refractivity contribution in [3.05, 3.63) is 83.3 Å². The maximum absolute atomic E-state index is 14.3. The molecule has 3 aromatic heterocycles. The van der Waals surface area contributed by atoms with E-state index in [2.05, 4.69) is 20.3 Å². The highest BCUT2D eigenvalue weighted by Gasteiger charge is 2.55. The Morgan fingerprint density at radius 3 is 2.60 bits per heavy atom. The number of fused-ring (bicyclic) bond motifs is 2. The number of halogens is 4. The molecule has 42 heavy (non-hydrogen) atoms. The smallest absolute Gasteiger partial charge is 0.416 e. The van der Waals surface area contributed by atoms with Gasteiger partial charge in [0.25, 0.3) is 0 Å². The molecule has 14 heteroatoms. The van der Waals surface area contributed by atoms with Gasteiger partial charge in [0, 0.05) is 18.4 Å². The minimum absolute atomic E-state index is 0.0245. The highest BCUT2D eigenvalue weighted by atomic mass is 32.2. The predicted octanol–water partition coefficient (Wildman–Crippen LogP) is 4.61. The monoisotopic (exact) mass is 601 g/mol. The Kier molecular flexibility index (Phi) is 7.18. The minimum atomic E-state index is -4.65. The fraction of sp³-hybridized carbons (Fsp3) is 0.393. The van der Waals surface area contributed by atoms with Gasteiger partial charge < -0.3 is 4.55 Å². The highest BCUT2D eigenvalue weighted by Crippen LogP contribution is 2.48. The SMILES string of the molecule is CC(C)n1ncc([S+]([O-])N2CCC3Cc4c(cnn4-c4ccc(F)cc4)CC3(C(=O)c3cc(C(F)(F)F)ccn3)C2)n1. The number of rotatable bonds is 6. The number of hydrogen-bond acceptors (Lipinski definition) is 7. The van der Waals surface area contributed by atoms with Crippen molar-refractivity contribution in [1.82, 2.24) is 34.1 Å². The van der Waals surface area contributed by atoms with E-state index in [1.165, 1.54) is 23.1 Å². The zero-order valence-electron chi connectivity index (χ0n) is 22.8. The number of carbonyl (C=O) groups excluding carboxylic acids is 1. The van der Waals surface area contributed by atoms with Gasteiger partial charge in [-0.05, 0) is 81.0 Å². The van der Waals surface area contributed by atoms with E-state index < -0.39 is 34.3 Å².